The molecule has 5 nitrogen and oxygen atoms in total. The molecule has 2 aromatic heterocycles. The Labute approximate surface area is 159 Å². The van der Waals surface area contributed by atoms with Crippen molar-refractivity contribution in [2.45, 2.75) is 18.6 Å². The van der Waals surface area contributed by atoms with E-state index in [4.69, 9.17) is 4.42 Å². The number of nitrogens with zero attached hydrogens (tertiary/aromatic N) is 2. The zero-order valence-electron chi connectivity index (χ0n) is 14.9. The van der Waals surface area contributed by atoms with Gasteiger partial charge in [-0.15, -0.1) is 0 Å². The fourth-order valence-corrected chi connectivity index (χ4v) is 3.52. The Hall–Kier alpha value is -2.87. The topological polar surface area (TPSA) is 58.4 Å². The third kappa shape index (κ3) is 4.01. The first-order valence-electron chi connectivity index (χ1n) is 8.92. The highest BCUT2D eigenvalue weighted by Crippen LogP contribution is 2.27. The van der Waals surface area contributed by atoms with Gasteiger partial charge in [0.25, 0.3) is 5.91 Å². The van der Waals surface area contributed by atoms with Gasteiger partial charge in [0.15, 0.2) is 0 Å². The van der Waals surface area contributed by atoms with E-state index < -0.39 is 12.7 Å². The van der Waals surface area contributed by atoms with Crippen molar-refractivity contribution in [1.29, 1.82) is 0 Å². The molecule has 0 saturated carbocycles. The van der Waals surface area contributed by atoms with Crippen LogP contribution in [0.3, 0.4) is 0 Å². The number of furan rings is 1. The van der Waals surface area contributed by atoms with Crippen LogP contribution < -0.4 is 5.32 Å². The van der Waals surface area contributed by atoms with Gasteiger partial charge in [0, 0.05) is 41.8 Å². The summed E-state index contributed by atoms with van der Waals surface area (Å²) in [4.78, 5) is 18.1. The van der Waals surface area contributed by atoms with Crippen molar-refractivity contribution >= 4 is 16.9 Å². The van der Waals surface area contributed by atoms with Crippen molar-refractivity contribution < 1.29 is 22.4 Å². The van der Waals surface area contributed by atoms with Crippen molar-refractivity contribution in [2.24, 2.45) is 0 Å². The van der Waals surface area contributed by atoms with E-state index in [-0.39, 0.29) is 18.5 Å². The number of hydrogen-bond donors (Lipinski definition) is 1. The monoisotopic (exact) mass is 389 g/mol. The van der Waals surface area contributed by atoms with Crippen molar-refractivity contribution in [2.75, 3.05) is 19.6 Å². The minimum atomic E-state index is -4.22. The molecule has 0 bridgehead atoms. The summed E-state index contributed by atoms with van der Waals surface area (Å²) in [5, 5.41) is 3.70. The second-order valence-electron chi connectivity index (χ2n) is 6.88. The van der Waals surface area contributed by atoms with E-state index in [1.54, 1.807) is 42.8 Å². The van der Waals surface area contributed by atoms with Gasteiger partial charge >= 0.3 is 6.18 Å². The van der Waals surface area contributed by atoms with Gasteiger partial charge in [-0.25, -0.2) is 0 Å². The van der Waals surface area contributed by atoms with Gasteiger partial charge in [0.05, 0.1) is 18.5 Å². The molecule has 1 amide bonds. The second kappa shape index (κ2) is 7.27. The standard InChI is InChI=1S/C20H18F3N3O2/c21-20(22,23)12-26-9-6-15(11-26)25-19(27)14-3-1-13(2-4-14)18-16-7-10-28-17(16)5-8-24-18/h1-5,7-8,10,15H,6,9,11-12H2,(H,25,27)/t15-/m0/s1. The van der Waals surface area contributed by atoms with Gasteiger partial charge in [0.1, 0.15) is 5.58 Å². The number of aromatic nitrogens is 1. The molecule has 0 spiro atoms. The summed E-state index contributed by atoms with van der Waals surface area (Å²) in [6.07, 6.45) is -0.456. The Kier molecular flexibility index (Phi) is 4.80. The zero-order valence-corrected chi connectivity index (χ0v) is 14.9. The highest BCUT2D eigenvalue weighted by atomic mass is 19.4. The van der Waals surface area contributed by atoms with Crippen LogP contribution in [-0.2, 0) is 0 Å². The van der Waals surface area contributed by atoms with Crippen LogP contribution in [-0.4, -0.2) is 47.6 Å². The number of halogens is 3. The number of carbonyl (C=O) groups is 1. The lowest BCUT2D eigenvalue weighted by Gasteiger charge is -2.18. The Morgan fingerprint density at radius 3 is 2.75 bits per heavy atom. The molecule has 1 atom stereocenters. The molecular weight excluding hydrogens is 371 g/mol. The van der Waals surface area contributed by atoms with Crippen LogP contribution in [0.4, 0.5) is 13.2 Å². The van der Waals surface area contributed by atoms with Crippen LogP contribution >= 0.6 is 0 Å². The van der Waals surface area contributed by atoms with Crippen molar-refractivity contribution in [3.8, 4) is 11.3 Å². The number of rotatable bonds is 4. The number of alkyl halides is 3. The SMILES string of the molecule is O=C(N[C@H]1CCN(CC(F)(F)F)C1)c1ccc(-c2nccc3occc23)cc1. The summed E-state index contributed by atoms with van der Waals surface area (Å²) in [6.45, 7) is -0.417. The van der Waals surface area contributed by atoms with Crippen molar-refractivity contribution in [3.63, 3.8) is 0 Å². The highest BCUT2D eigenvalue weighted by molar-refractivity contribution is 5.96. The minimum absolute atomic E-state index is 0.204. The molecule has 1 fully saturated rings. The van der Waals surface area contributed by atoms with E-state index in [2.05, 4.69) is 10.3 Å². The summed E-state index contributed by atoms with van der Waals surface area (Å²) in [5.74, 6) is -0.292. The first kappa shape index (κ1) is 18.5. The van der Waals surface area contributed by atoms with E-state index in [0.29, 0.717) is 18.5 Å². The largest absolute Gasteiger partial charge is 0.464 e. The maximum atomic E-state index is 12.5. The third-order valence-electron chi connectivity index (χ3n) is 4.81. The molecule has 28 heavy (non-hydrogen) atoms. The van der Waals surface area contributed by atoms with Gasteiger partial charge in [-0.2, -0.15) is 13.2 Å². The molecule has 3 aromatic rings. The Balaban J connectivity index is 1.42. The fraction of sp³-hybridized carbons (Fsp3) is 0.300. The van der Waals surface area contributed by atoms with Gasteiger partial charge in [-0.1, -0.05) is 12.1 Å². The van der Waals surface area contributed by atoms with Crippen LogP contribution in [0.15, 0.2) is 53.3 Å². The molecule has 146 valence electrons. The van der Waals surface area contributed by atoms with E-state index >= 15 is 0 Å². The predicted molar refractivity (Wildman–Crippen MR) is 97.8 cm³/mol. The molecule has 8 heteroatoms. The number of pyridine rings is 1. The molecule has 1 N–H and O–H groups in total. The van der Waals surface area contributed by atoms with Crippen molar-refractivity contribution in [1.82, 2.24) is 15.2 Å². The minimum Gasteiger partial charge on any atom is -0.464 e. The number of hydrogen-bond acceptors (Lipinski definition) is 4. The van der Waals surface area contributed by atoms with Crippen LogP contribution in [0.5, 0.6) is 0 Å². The normalized spacial score (nSPS) is 17.9. The van der Waals surface area contributed by atoms with E-state index in [0.717, 1.165) is 22.2 Å². The first-order valence-corrected chi connectivity index (χ1v) is 8.92. The maximum absolute atomic E-state index is 12.5. The third-order valence-corrected chi connectivity index (χ3v) is 4.81. The lowest BCUT2D eigenvalue weighted by atomic mass is 10.1. The lowest BCUT2D eigenvalue weighted by molar-refractivity contribution is -0.143. The molecule has 0 radical (unpaired) electrons. The van der Waals surface area contributed by atoms with Crippen LogP contribution in [0.25, 0.3) is 22.2 Å². The number of fused-ring (bicyclic) bond motifs is 1. The summed E-state index contributed by atoms with van der Waals surface area (Å²) in [5.41, 5.74) is 2.80. The molecule has 0 aliphatic carbocycles. The average molecular weight is 389 g/mol. The Morgan fingerprint density at radius 2 is 2.00 bits per heavy atom. The van der Waals surface area contributed by atoms with Gasteiger partial charge < -0.3 is 9.73 Å². The quantitative estimate of drug-likeness (QED) is 0.736. The van der Waals surface area contributed by atoms with Gasteiger partial charge in [-0.05, 0) is 30.7 Å². The maximum Gasteiger partial charge on any atom is 0.401 e. The highest BCUT2D eigenvalue weighted by Gasteiger charge is 2.34. The number of likely N-dealkylation sites (tertiary alicyclic amines) is 1. The molecule has 1 aromatic carbocycles. The average Bonchev–Trinajstić information content (AvgIpc) is 3.29. The van der Waals surface area contributed by atoms with E-state index in [1.165, 1.54) is 4.90 Å². The van der Waals surface area contributed by atoms with E-state index in [9.17, 15) is 18.0 Å². The molecular formula is C20H18F3N3O2. The van der Waals surface area contributed by atoms with Crippen molar-refractivity contribution in [3.05, 3.63) is 54.4 Å². The number of carbonyl (C=O) groups excluding carboxylic acids is 1. The smallest absolute Gasteiger partial charge is 0.401 e. The van der Waals surface area contributed by atoms with Gasteiger partial charge in [0.2, 0.25) is 0 Å². The Morgan fingerprint density at radius 1 is 1.21 bits per heavy atom. The second-order valence-corrected chi connectivity index (χ2v) is 6.88. The first-order chi connectivity index (χ1) is 13.4. The molecule has 1 aliphatic rings. The molecule has 4 rings (SSSR count). The zero-order chi connectivity index (χ0) is 19.7. The summed E-state index contributed by atoms with van der Waals surface area (Å²) >= 11 is 0. The number of amides is 1. The van der Waals surface area contributed by atoms with Crippen LogP contribution in [0.1, 0.15) is 16.8 Å². The summed E-state index contributed by atoms with van der Waals surface area (Å²) in [6, 6.07) is 10.3. The van der Waals surface area contributed by atoms with Crippen LogP contribution in [0, 0.1) is 0 Å². The lowest BCUT2D eigenvalue weighted by Crippen LogP contribution is -2.39. The number of nitrogens with one attached hydrogen (secondary N) is 1. The van der Waals surface area contributed by atoms with E-state index in [1.807, 2.05) is 6.07 Å². The molecule has 0 unspecified atom stereocenters. The van der Waals surface area contributed by atoms with Gasteiger partial charge in [-0.3, -0.25) is 14.7 Å². The predicted octanol–water partition coefficient (Wildman–Crippen LogP) is 3.86. The van der Waals surface area contributed by atoms with Crippen LogP contribution in [0.2, 0.25) is 0 Å². The molecule has 1 saturated heterocycles. The fourth-order valence-electron chi connectivity index (χ4n) is 3.52. The molecule has 3 heterocycles. The summed E-state index contributed by atoms with van der Waals surface area (Å²) in [7, 11) is 0. The number of benzene rings is 1. The Bertz CT molecular complexity index is 982. The molecule has 1 aliphatic heterocycles. The summed E-state index contributed by atoms with van der Waals surface area (Å²) < 4.78 is 42.8.